The fourth-order valence-corrected chi connectivity index (χ4v) is 5.50. The van der Waals surface area contributed by atoms with E-state index >= 15 is 0 Å². The molecule has 0 saturated heterocycles. The Kier molecular flexibility index (Phi) is 5.14. The standard InChI is InChI=1S/C24H27Cl2N/c1-24(2)19-12-11-18(20(24)13-19)15-27(3)14-16-7-9-17(10-8-16)23-21(25)5-4-6-22(23)26/h4-11,19-20H,12-15H2,1-3H3/t19-,20-/m0/s1. The van der Waals surface area contributed by atoms with Crippen LogP contribution in [0.5, 0.6) is 0 Å². The second-order valence-electron chi connectivity index (χ2n) is 8.79. The lowest BCUT2D eigenvalue weighted by molar-refractivity contribution is -0.0101. The lowest BCUT2D eigenvalue weighted by Gasteiger charge is -2.57. The zero-order valence-electron chi connectivity index (χ0n) is 16.3. The molecule has 2 atom stereocenters. The average molecular weight is 400 g/mol. The van der Waals surface area contributed by atoms with Crippen molar-refractivity contribution in [2.75, 3.05) is 13.6 Å². The summed E-state index contributed by atoms with van der Waals surface area (Å²) in [5, 5.41) is 1.39. The second kappa shape index (κ2) is 7.28. The van der Waals surface area contributed by atoms with Crippen molar-refractivity contribution in [3.8, 4) is 11.1 Å². The number of nitrogens with zero attached hydrogens (tertiary/aromatic N) is 1. The summed E-state index contributed by atoms with van der Waals surface area (Å²) < 4.78 is 0. The molecule has 1 saturated carbocycles. The van der Waals surface area contributed by atoms with Gasteiger partial charge in [0.15, 0.2) is 0 Å². The molecule has 0 aliphatic heterocycles. The largest absolute Gasteiger partial charge is 0.298 e. The van der Waals surface area contributed by atoms with Crippen LogP contribution in [0.2, 0.25) is 10.0 Å². The number of hydrogen-bond donors (Lipinski definition) is 0. The highest BCUT2D eigenvalue weighted by Crippen LogP contribution is 2.59. The van der Waals surface area contributed by atoms with Crippen molar-refractivity contribution in [1.29, 1.82) is 0 Å². The van der Waals surface area contributed by atoms with Crippen molar-refractivity contribution in [1.82, 2.24) is 4.90 Å². The lowest BCUT2D eigenvalue weighted by atomic mass is 9.49. The molecule has 0 radical (unpaired) electrons. The average Bonchev–Trinajstić information content (AvgIpc) is 2.63. The first-order chi connectivity index (χ1) is 12.9. The Balaban J connectivity index is 1.42. The Morgan fingerprint density at radius 1 is 1.00 bits per heavy atom. The SMILES string of the molecule is CN(CC1=CC[C@H]2C[C@@H]1C2(C)C)Cc1ccc(-c2c(Cl)cccc2Cl)cc1. The van der Waals surface area contributed by atoms with Crippen LogP contribution in [0.15, 0.2) is 54.1 Å². The van der Waals surface area contributed by atoms with E-state index in [1.165, 1.54) is 18.4 Å². The maximum Gasteiger partial charge on any atom is 0.0499 e. The number of rotatable bonds is 5. The number of benzene rings is 2. The Bertz CT molecular complexity index is 846. The molecule has 2 aromatic carbocycles. The minimum absolute atomic E-state index is 0.501. The summed E-state index contributed by atoms with van der Waals surface area (Å²) >= 11 is 12.7. The highest BCUT2D eigenvalue weighted by Gasteiger charge is 2.50. The molecule has 3 heteroatoms. The summed E-state index contributed by atoms with van der Waals surface area (Å²) in [5.74, 6) is 1.68. The van der Waals surface area contributed by atoms with Crippen molar-refractivity contribution < 1.29 is 0 Å². The van der Waals surface area contributed by atoms with Crippen LogP contribution >= 0.6 is 23.2 Å². The highest BCUT2D eigenvalue weighted by atomic mass is 35.5. The van der Waals surface area contributed by atoms with Gasteiger partial charge < -0.3 is 0 Å². The van der Waals surface area contributed by atoms with Gasteiger partial charge in [-0.25, -0.2) is 0 Å². The molecule has 142 valence electrons. The molecule has 0 spiro atoms. The molecule has 0 heterocycles. The van der Waals surface area contributed by atoms with E-state index < -0.39 is 0 Å². The van der Waals surface area contributed by atoms with Gasteiger partial charge in [-0.05, 0) is 60.4 Å². The van der Waals surface area contributed by atoms with Crippen LogP contribution in [0.1, 0.15) is 32.3 Å². The number of allylic oxidation sites excluding steroid dienone is 1. The van der Waals surface area contributed by atoms with Crippen molar-refractivity contribution in [3.05, 3.63) is 69.7 Å². The fraction of sp³-hybridized carbons (Fsp3) is 0.417. The zero-order chi connectivity index (χ0) is 19.2. The Morgan fingerprint density at radius 3 is 2.26 bits per heavy atom. The van der Waals surface area contributed by atoms with E-state index in [0.29, 0.717) is 15.5 Å². The van der Waals surface area contributed by atoms with E-state index in [1.807, 2.05) is 18.2 Å². The molecule has 1 fully saturated rings. The Morgan fingerprint density at radius 2 is 1.67 bits per heavy atom. The molecule has 0 amide bonds. The van der Waals surface area contributed by atoms with Gasteiger partial charge in [0.1, 0.15) is 0 Å². The Labute approximate surface area is 173 Å². The van der Waals surface area contributed by atoms with Crippen LogP contribution in [0, 0.1) is 17.3 Å². The van der Waals surface area contributed by atoms with Gasteiger partial charge in [0.05, 0.1) is 0 Å². The number of likely N-dealkylation sites (N-methyl/N-ethyl adjacent to an activating group) is 1. The molecule has 5 rings (SSSR count). The number of fused-ring (bicyclic) bond motifs is 1. The van der Waals surface area contributed by atoms with Crippen LogP contribution in [-0.2, 0) is 6.54 Å². The minimum atomic E-state index is 0.501. The molecule has 27 heavy (non-hydrogen) atoms. The first-order valence-electron chi connectivity index (χ1n) is 9.77. The van der Waals surface area contributed by atoms with E-state index in [0.717, 1.165) is 36.1 Å². The summed E-state index contributed by atoms with van der Waals surface area (Å²) in [6.07, 6.45) is 5.16. The predicted octanol–water partition coefficient (Wildman–Crippen LogP) is 7.08. The molecule has 3 aliphatic rings. The van der Waals surface area contributed by atoms with Gasteiger partial charge in [-0.15, -0.1) is 0 Å². The quantitative estimate of drug-likeness (QED) is 0.485. The van der Waals surface area contributed by atoms with Crippen molar-refractivity contribution in [3.63, 3.8) is 0 Å². The van der Waals surface area contributed by atoms with Crippen LogP contribution in [0.25, 0.3) is 11.1 Å². The third-order valence-electron chi connectivity index (χ3n) is 6.69. The summed E-state index contributed by atoms with van der Waals surface area (Å²) in [4.78, 5) is 2.43. The first kappa shape index (κ1) is 19.1. The molecule has 2 bridgehead atoms. The second-order valence-corrected chi connectivity index (χ2v) is 9.60. The first-order valence-corrected chi connectivity index (χ1v) is 10.5. The third-order valence-corrected chi connectivity index (χ3v) is 7.32. The summed E-state index contributed by atoms with van der Waals surface area (Å²) in [5.41, 5.74) is 5.43. The van der Waals surface area contributed by atoms with Gasteiger partial charge in [0.25, 0.3) is 0 Å². The topological polar surface area (TPSA) is 3.24 Å². The molecular weight excluding hydrogens is 373 g/mol. The van der Waals surface area contributed by atoms with Gasteiger partial charge in [0, 0.05) is 28.7 Å². The highest BCUT2D eigenvalue weighted by molar-refractivity contribution is 6.39. The number of hydrogen-bond acceptors (Lipinski definition) is 1. The molecule has 0 aromatic heterocycles. The molecule has 2 aromatic rings. The van der Waals surface area contributed by atoms with Gasteiger partial charge in [-0.2, -0.15) is 0 Å². The molecule has 3 aliphatic carbocycles. The molecular formula is C24H27Cl2N. The van der Waals surface area contributed by atoms with Crippen molar-refractivity contribution >= 4 is 23.2 Å². The zero-order valence-corrected chi connectivity index (χ0v) is 17.8. The molecule has 0 N–H and O–H groups in total. The monoisotopic (exact) mass is 399 g/mol. The molecule has 1 nitrogen and oxygen atoms in total. The normalized spacial score (nSPS) is 23.1. The number of halogens is 2. The van der Waals surface area contributed by atoms with Crippen molar-refractivity contribution in [2.45, 2.75) is 33.2 Å². The van der Waals surface area contributed by atoms with E-state index in [4.69, 9.17) is 23.2 Å². The van der Waals surface area contributed by atoms with Gasteiger partial charge >= 0.3 is 0 Å². The van der Waals surface area contributed by atoms with Crippen molar-refractivity contribution in [2.24, 2.45) is 17.3 Å². The van der Waals surface area contributed by atoms with E-state index in [9.17, 15) is 0 Å². The fourth-order valence-electron chi connectivity index (χ4n) is 4.89. The van der Waals surface area contributed by atoms with E-state index in [-0.39, 0.29) is 0 Å². The maximum atomic E-state index is 6.34. The van der Waals surface area contributed by atoms with Crippen LogP contribution < -0.4 is 0 Å². The Hall–Kier alpha value is -1.28. The molecule has 0 unspecified atom stereocenters. The van der Waals surface area contributed by atoms with Gasteiger partial charge in [-0.1, -0.05) is 79.0 Å². The summed E-state index contributed by atoms with van der Waals surface area (Å²) in [6, 6.07) is 14.3. The van der Waals surface area contributed by atoms with Crippen LogP contribution in [0.3, 0.4) is 0 Å². The lowest BCUT2D eigenvalue weighted by Crippen LogP contribution is -2.49. The summed E-state index contributed by atoms with van der Waals surface area (Å²) in [7, 11) is 2.22. The van der Waals surface area contributed by atoms with E-state index in [2.05, 4.69) is 56.1 Å². The third kappa shape index (κ3) is 3.58. The van der Waals surface area contributed by atoms with Gasteiger partial charge in [0.2, 0.25) is 0 Å². The van der Waals surface area contributed by atoms with E-state index in [1.54, 1.807) is 5.57 Å². The smallest absolute Gasteiger partial charge is 0.0499 e. The van der Waals surface area contributed by atoms with Crippen LogP contribution in [0.4, 0.5) is 0 Å². The summed E-state index contributed by atoms with van der Waals surface area (Å²) in [6.45, 7) is 6.90. The van der Waals surface area contributed by atoms with Crippen LogP contribution in [-0.4, -0.2) is 18.5 Å². The minimum Gasteiger partial charge on any atom is -0.298 e. The van der Waals surface area contributed by atoms with Gasteiger partial charge in [-0.3, -0.25) is 4.90 Å². The predicted molar refractivity (Wildman–Crippen MR) is 116 cm³/mol. The maximum absolute atomic E-state index is 6.34.